The van der Waals surface area contributed by atoms with E-state index in [4.69, 9.17) is 0 Å². The Labute approximate surface area is 79.4 Å². The van der Waals surface area contributed by atoms with Crippen molar-refractivity contribution in [2.24, 2.45) is 7.05 Å². The van der Waals surface area contributed by atoms with Gasteiger partial charge in [0, 0.05) is 13.5 Å². The number of nitrogens with one attached hydrogen (secondary N) is 1. The molecule has 0 radical (unpaired) electrons. The minimum atomic E-state index is 0.817. The van der Waals surface area contributed by atoms with E-state index in [1.165, 1.54) is 0 Å². The smallest absolute Gasteiger partial charge is 0.150 e. The number of aryl methyl sites for hydroxylation is 2. The number of aromatic nitrogens is 3. The third kappa shape index (κ3) is 2.81. The zero-order valence-electron chi connectivity index (χ0n) is 8.67. The summed E-state index contributed by atoms with van der Waals surface area (Å²) >= 11 is 0. The van der Waals surface area contributed by atoms with E-state index in [1.54, 1.807) is 0 Å². The fraction of sp³-hybridized carbons (Fsp3) is 0.778. The van der Waals surface area contributed by atoms with Gasteiger partial charge in [-0.2, -0.15) is 5.10 Å². The van der Waals surface area contributed by atoms with Crippen LogP contribution in [0.1, 0.15) is 31.9 Å². The summed E-state index contributed by atoms with van der Waals surface area (Å²) in [5.74, 6) is 1.95. The summed E-state index contributed by atoms with van der Waals surface area (Å²) in [6.07, 6.45) is 2.06. The van der Waals surface area contributed by atoms with Gasteiger partial charge in [-0.25, -0.2) is 4.98 Å². The second kappa shape index (κ2) is 4.97. The van der Waals surface area contributed by atoms with Gasteiger partial charge in [0.2, 0.25) is 0 Å². The summed E-state index contributed by atoms with van der Waals surface area (Å²) in [7, 11) is 1.94. The van der Waals surface area contributed by atoms with Gasteiger partial charge in [0.25, 0.3) is 0 Å². The molecule has 0 aliphatic carbocycles. The highest BCUT2D eigenvalue weighted by Crippen LogP contribution is 1.96. The molecule has 74 valence electrons. The first-order valence-corrected chi connectivity index (χ1v) is 4.87. The molecule has 0 saturated carbocycles. The van der Waals surface area contributed by atoms with Gasteiger partial charge in [0.05, 0.1) is 6.54 Å². The van der Waals surface area contributed by atoms with Crippen molar-refractivity contribution in [3.8, 4) is 0 Å². The monoisotopic (exact) mass is 182 g/mol. The van der Waals surface area contributed by atoms with Crippen molar-refractivity contribution in [2.75, 3.05) is 6.54 Å². The Bertz CT molecular complexity index is 254. The molecule has 4 nitrogen and oxygen atoms in total. The van der Waals surface area contributed by atoms with Crippen LogP contribution in [0.4, 0.5) is 0 Å². The van der Waals surface area contributed by atoms with Gasteiger partial charge in [-0.3, -0.25) is 4.68 Å². The van der Waals surface area contributed by atoms with Gasteiger partial charge in [-0.15, -0.1) is 0 Å². The maximum absolute atomic E-state index is 4.39. The zero-order chi connectivity index (χ0) is 9.68. The first-order chi connectivity index (χ1) is 6.27. The van der Waals surface area contributed by atoms with E-state index in [0.717, 1.165) is 37.6 Å². The van der Waals surface area contributed by atoms with Gasteiger partial charge >= 0.3 is 0 Å². The molecule has 0 saturated heterocycles. The second-order valence-electron chi connectivity index (χ2n) is 3.10. The summed E-state index contributed by atoms with van der Waals surface area (Å²) in [6.45, 7) is 6.07. The lowest BCUT2D eigenvalue weighted by Gasteiger charge is -2.00. The Morgan fingerprint density at radius 3 is 2.69 bits per heavy atom. The fourth-order valence-electron chi connectivity index (χ4n) is 1.16. The minimum absolute atomic E-state index is 0.817. The number of hydrogen-bond acceptors (Lipinski definition) is 3. The Morgan fingerprint density at radius 1 is 1.38 bits per heavy atom. The number of rotatable bonds is 5. The van der Waals surface area contributed by atoms with Crippen molar-refractivity contribution in [3.05, 3.63) is 11.6 Å². The molecule has 0 aliphatic rings. The summed E-state index contributed by atoms with van der Waals surface area (Å²) in [6, 6.07) is 0. The lowest BCUT2D eigenvalue weighted by Crippen LogP contribution is -2.17. The van der Waals surface area contributed by atoms with E-state index in [-0.39, 0.29) is 0 Å². The third-order valence-electron chi connectivity index (χ3n) is 1.92. The SMILES string of the molecule is CCCNCc1nc(CC)nn1C. The Morgan fingerprint density at radius 2 is 2.15 bits per heavy atom. The molecular formula is C9H18N4. The van der Waals surface area contributed by atoms with Crippen molar-refractivity contribution in [2.45, 2.75) is 33.2 Å². The van der Waals surface area contributed by atoms with Crippen LogP contribution in [0.5, 0.6) is 0 Å². The van der Waals surface area contributed by atoms with Crippen molar-refractivity contribution in [3.63, 3.8) is 0 Å². The molecule has 0 aliphatic heterocycles. The standard InChI is InChI=1S/C9H18N4/c1-4-6-10-7-9-11-8(5-2)12-13(9)3/h10H,4-7H2,1-3H3. The highest BCUT2D eigenvalue weighted by Gasteiger charge is 2.03. The molecular weight excluding hydrogens is 164 g/mol. The summed E-state index contributed by atoms with van der Waals surface area (Å²) in [5.41, 5.74) is 0. The Hall–Kier alpha value is -0.900. The third-order valence-corrected chi connectivity index (χ3v) is 1.92. The van der Waals surface area contributed by atoms with E-state index < -0.39 is 0 Å². The molecule has 0 amide bonds. The molecule has 0 bridgehead atoms. The zero-order valence-corrected chi connectivity index (χ0v) is 8.67. The predicted octanol–water partition coefficient (Wildman–Crippen LogP) is 0.877. The average molecular weight is 182 g/mol. The molecule has 1 aromatic rings. The lowest BCUT2D eigenvalue weighted by atomic mass is 10.4. The van der Waals surface area contributed by atoms with Gasteiger partial charge in [-0.05, 0) is 13.0 Å². The molecule has 1 N–H and O–H groups in total. The van der Waals surface area contributed by atoms with Crippen LogP contribution in [0.25, 0.3) is 0 Å². The first kappa shape index (κ1) is 10.2. The molecule has 0 spiro atoms. The van der Waals surface area contributed by atoms with Gasteiger partial charge in [-0.1, -0.05) is 13.8 Å². The Kier molecular flexibility index (Phi) is 3.89. The molecule has 1 rings (SSSR count). The van der Waals surface area contributed by atoms with E-state index in [9.17, 15) is 0 Å². The minimum Gasteiger partial charge on any atom is -0.310 e. The van der Waals surface area contributed by atoms with E-state index >= 15 is 0 Å². The summed E-state index contributed by atoms with van der Waals surface area (Å²) < 4.78 is 1.85. The highest BCUT2D eigenvalue weighted by molar-refractivity contribution is 4.91. The molecule has 0 unspecified atom stereocenters. The normalized spacial score (nSPS) is 10.7. The lowest BCUT2D eigenvalue weighted by molar-refractivity contribution is 0.608. The molecule has 1 heterocycles. The largest absolute Gasteiger partial charge is 0.310 e. The quantitative estimate of drug-likeness (QED) is 0.687. The number of nitrogens with zero attached hydrogens (tertiary/aromatic N) is 3. The first-order valence-electron chi connectivity index (χ1n) is 4.87. The summed E-state index contributed by atoms with van der Waals surface area (Å²) in [4.78, 5) is 4.39. The maximum Gasteiger partial charge on any atom is 0.150 e. The highest BCUT2D eigenvalue weighted by atomic mass is 15.3. The van der Waals surface area contributed by atoms with Gasteiger partial charge < -0.3 is 5.32 Å². The number of hydrogen-bond donors (Lipinski definition) is 1. The van der Waals surface area contributed by atoms with Crippen molar-refractivity contribution >= 4 is 0 Å². The molecule has 13 heavy (non-hydrogen) atoms. The van der Waals surface area contributed by atoms with E-state index in [1.807, 2.05) is 11.7 Å². The molecule has 0 fully saturated rings. The molecule has 0 atom stereocenters. The maximum atomic E-state index is 4.39. The fourth-order valence-corrected chi connectivity index (χ4v) is 1.16. The van der Waals surface area contributed by atoms with Crippen LogP contribution in [0.3, 0.4) is 0 Å². The van der Waals surface area contributed by atoms with Crippen LogP contribution in [0, 0.1) is 0 Å². The van der Waals surface area contributed by atoms with Crippen molar-refractivity contribution in [1.29, 1.82) is 0 Å². The van der Waals surface area contributed by atoms with E-state index in [0.29, 0.717) is 0 Å². The van der Waals surface area contributed by atoms with Crippen molar-refractivity contribution in [1.82, 2.24) is 20.1 Å². The average Bonchev–Trinajstić information content (AvgIpc) is 2.48. The second-order valence-corrected chi connectivity index (χ2v) is 3.10. The van der Waals surface area contributed by atoms with Gasteiger partial charge in [0.15, 0.2) is 5.82 Å². The topological polar surface area (TPSA) is 42.7 Å². The molecule has 1 aromatic heterocycles. The van der Waals surface area contributed by atoms with Crippen LogP contribution in [-0.2, 0) is 20.0 Å². The van der Waals surface area contributed by atoms with Gasteiger partial charge in [0.1, 0.15) is 5.82 Å². The predicted molar refractivity (Wildman–Crippen MR) is 52.4 cm³/mol. The van der Waals surface area contributed by atoms with Crippen molar-refractivity contribution < 1.29 is 0 Å². The van der Waals surface area contributed by atoms with E-state index in [2.05, 4.69) is 29.2 Å². The van der Waals surface area contributed by atoms with Crippen LogP contribution < -0.4 is 5.32 Å². The van der Waals surface area contributed by atoms with Crippen LogP contribution in [-0.4, -0.2) is 21.3 Å². The molecule has 4 heteroatoms. The summed E-state index contributed by atoms with van der Waals surface area (Å²) in [5, 5.41) is 7.58. The molecule has 0 aromatic carbocycles. The van der Waals surface area contributed by atoms with Crippen LogP contribution >= 0.6 is 0 Å². The Balaban J connectivity index is 2.50. The van der Waals surface area contributed by atoms with Crippen LogP contribution in [0.15, 0.2) is 0 Å². The van der Waals surface area contributed by atoms with Crippen LogP contribution in [0.2, 0.25) is 0 Å².